The first-order chi connectivity index (χ1) is 13.4. The zero-order valence-electron chi connectivity index (χ0n) is 15.4. The van der Waals surface area contributed by atoms with Gasteiger partial charge in [0.1, 0.15) is 18.0 Å². The van der Waals surface area contributed by atoms with Crippen molar-refractivity contribution < 1.29 is 29.0 Å². The summed E-state index contributed by atoms with van der Waals surface area (Å²) in [6.45, 7) is 1.28. The minimum Gasteiger partial charge on any atom is -0.497 e. The summed E-state index contributed by atoms with van der Waals surface area (Å²) in [5.41, 5.74) is 0.862. The first-order valence-electron chi connectivity index (χ1n) is 8.64. The molecule has 1 heterocycles. The van der Waals surface area contributed by atoms with Crippen molar-refractivity contribution in [2.24, 2.45) is 0 Å². The van der Waals surface area contributed by atoms with Crippen molar-refractivity contribution in [1.82, 2.24) is 5.32 Å². The molecule has 2 amide bonds. The Bertz CT molecular complexity index is 896. The summed E-state index contributed by atoms with van der Waals surface area (Å²) in [5, 5.41) is 12.0. The molecule has 1 aliphatic heterocycles. The van der Waals surface area contributed by atoms with Crippen LogP contribution in [0.5, 0.6) is 11.5 Å². The van der Waals surface area contributed by atoms with Gasteiger partial charge in [-0.1, -0.05) is 24.3 Å². The van der Waals surface area contributed by atoms with Gasteiger partial charge in [-0.3, -0.25) is 14.5 Å². The number of aliphatic carboxylic acids is 1. The molecule has 0 aromatic heterocycles. The number of nitrogens with zero attached hydrogens (tertiary/aromatic N) is 1. The minimum absolute atomic E-state index is 0.316. The Morgan fingerprint density at radius 1 is 1.21 bits per heavy atom. The largest absolute Gasteiger partial charge is 0.497 e. The molecule has 2 atom stereocenters. The number of amides is 2. The van der Waals surface area contributed by atoms with Crippen molar-refractivity contribution >= 4 is 23.5 Å². The van der Waals surface area contributed by atoms with Gasteiger partial charge in [-0.15, -0.1) is 0 Å². The zero-order chi connectivity index (χ0) is 20.3. The van der Waals surface area contributed by atoms with Crippen LogP contribution in [0.4, 0.5) is 5.69 Å². The summed E-state index contributed by atoms with van der Waals surface area (Å²) < 4.78 is 10.6. The highest BCUT2D eigenvalue weighted by Crippen LogP contribution is 2.33. The number of carboxylic acid groups (broad SMARTS) is 1. The molecule has 0 bridgehead atoms. The van der Waals surface area contributed by atoms with Crippen LogP contribution in [0.3, 0.4) is 0 Å². The molecule has 0 fully saturated rings. The highest BCUT2D eigenvalue weighted by molar-refractivity contribution is 6.04. The van der Waals surface area contributed by atoms with Gasteiger partial charge in [-0.25, -0.2) is 4.79 Å². The Morgan fingerprint density at radius 3 is 2.54 bits per heavy atom. The molecule has 2 aromatic rings. The molecule has 28 heavy (non-hydrogen) atoms. The van der Waals surface area contributed by atoms with Gasteiger partial charge in [0.2, 0.25) is 5.91 Å². The molecule has 8 nitrogen and oxygen atoms in total. The molecule has 3 rings (SSSR count). The third-order valence-corrected chi connectivity index (χ3v) is 4.38. The van der Waals surface area contributed by atoms with E-state index in [0.717, 1.165) is 0 Å². The average Bonchev–Trinajstić information content (AvgIpc) is 2.69. The Balaban J connectivity index is 1.77. The predicted molar refractivity (Wildman–Crippen MR) is 100 cm³/mol. The number of carbonyl (C=O) groups excluding carboxylic acids is 2. The molecule has 8 heteroatoms. The second-order valence-electron chi connectivity index (χ2n) is 6.26. The summed E-state index contributed by atoms with van der Waals surface area (Å²) in [7, 11) is 1.50. The molecule has 0 saturated carbocycles. The smallest absolute Gasteiger partial charge is 0.330 e. The van der Waals surface area contributed by atoms with E-state index in [4.69, 9.17) is 9.47 Å². The van der Waals surface area contributed by atoms with Gasteiger partial charge in [-0.2, -0.15) is 0 Å². The number of hydrogen-bond donors (Lipinski definition) is 2. The van der Waals surface area contributed by atoms with Crippen molar-refractivity contribution in [3.63, 3.8) is 0 Å². The number of ether oxygens (including phenoxy) is 2. The summed E-state index contributed by atoms with van der Waals surface area (Å²) >= 11 is 0. The molecule has 1 aliphatic rings. The van der Waals surface area contributed by atoms with Crippen LogP contribution in [-0.2, 0) is 14.4 Å². The molecule has 2 unspecified atom stereocenters. The van der Waals surface area contributed by atoms with Gasteiger partial charge in [0, 0.05) is 0 Å². The minimum atomic E-state index is -1.25. The topological polar surface area (TPSA) is 105 Å². The molecular formula is C20H20N2O6. The highest BCUT2D eigenvalue weighted by atomic mass is 16.5. The van der Waals surface area contributed by atoms with Crippen LogP contribution < -0.4 is 19.7 Å². The number of hydrogen-bond acceptors (Lipinski definition) is 5. The maximum Gasteiger partial charge on any atom is 0.330 e. The quantitative estimate of drug-likeness (QED) is 0.786. The van der Waals surface area contributed by atoms with Crippen LogP contribution in [0, 0.1) is 0 Å². The number of benzene rings is 2. The van der Waals surface area contributed by atoms with E-state index in [2.05, 4.69) is 5.32 Å². The molecule has 2 aromatic carbocycles. The standard InChI is InChI=1S/C20H20N2O6/c1-12-19(24)22(15-5-3-4-6-16(15)28-12)11-17(23)21-18(20(25)26)13-7-9-14(27-2)10-8-13/h3-10,12,18H,11H2,1-2H3,(H,21,23)(H,25,26). The number of para-hydroxylation sites is 2. The maximum absolute atomic E-state index is 12.6. The van der Waals surface area contributed by atoms with E-state index in [1.165, 1.54) is 12.0 Å². The number of rotatable bonds is 6. The lowest BCUT2D eigenvalue weighted by Gasteiger charge is -2.32. The number of methoxy groups -OCH3 is 1. The molecule has 0 saturated heterocycles. The van der Waals surface area contributed by atoms with E-state index in [1.807, 2.05) is 0 Å². The van der Waals surface area contributed by atoms with Gasteiger partial charge in [0.15, 0.2) is 12.1 Å². The number of carbonyl (C=O) groups is 3. The molecule has 0 aliphatic carbocycles. The van der Waals surface area contributed by atoms with Crippen LogP contribution >= 0.6 is 0 Å². The molecule has 0 spiro atoms. The van der Waals surface area contributed by atoms with Crippen LogP contribution in [0.15, 0.2) is 48.5 Å². The van der Waals surface area contributed by atoms with Crippen molar-refractivity contribution in [3.8, 4) is 11.5 Å². The second kappa shape index (κ2) is 7.99. The van der Waals surface area contributed by atoms with E-state index < -0.39 is 24.0 Å². The zero-order valence-corrected chi connectivity index (χ0v) is 15.4. The highest BCUT2D eigenvalue weighted by Gasteiger charge is 2.33. The van der Waals surface area contributed by atoms with Gasteiger partial charge < -0.3 is 19.9 Å². The van der Waals surface area contributed by atoms with E-state index in [1.54, 1.807) is 55.5 Å². The third kappa shape index (κ3) is 3.90. The summed E-state index contributed by atoms with van der Waals surface area (Å²) in [5.74, 6) is -1.11. The fraction of sp³-hybridized carbons (Fsp3) is 0.250. The molecule has 146 valence electrons. The van der Waals surface area contributed by atoms with E-state index in [9.17, 15) is 19.5 Å². The number of nitrogens with one attached hydrogen (secondary N) is 1. The number of carboxylic acids is 1. The molecule has 0 radical (unpaired) electrons. The molecular weight excluding hydrogens is 364 g/mol. The van der Waals surface area contributed by atoms with Gasteiger partial charge in [0.25, 0.3) is 5.91 Å². The van der Waals surface area contributed by atoms with Crippen LogP contribution in [0.25, 0.3) is 0 Å². The monoisotopic (exact) mass is 384 g/mol. The first kappa shape index (κ1) is 19.2. The average molecular weight is 384 g/mol. The van der Waals surface area contributed by atoms with Crippen LogP contribution in [0.2, 0.25) is 0 Å². The van der Waals surface area contributed by atoms with E-state index in [0.29, 0.717) is 22.7 Å². The fourth-order valence-electron chi connectivity index (χ4n) is 2.96. The summed E-state index contributed by atoms with van der Waals surface area (Å²) in [6.07, 6.45) is -0.737. The lowest BCUT2D eigenvalue weighted by molar-refractivity contribution is -0.141. The van der Waals surface area contributed by atoms with Gasteiger partial charge >= 0.3 is 5.97 Å². The van der Waals surface area contributed by atoms with Crippen molar-refractivity contribution in [2.45, 2.75) is 19.1 Å². The maximum atomic E-state index is 12.6. The number of fused-ring (bicyclic) bond motifs is 1. The molecule has 2 N–H and O–H groups in total. The number of anilines is 1. The predicted octanol–water partition coefficient (Wildman–Crippen LogP) is 1.75. The Morgan fingerprint density at radius 2 is 1.89 bits per heavy atom. The Labute approximate surface area is 161 Å². The summed E-state index contributed by atoms with van der Waals surface area (Å²) in [6, 6.07) is 12.0. The van der Waals surface area contributed by atoms with Crippen LogP contribution in [0.1, 0.15) is 18.5 Å². The second-order valence-corrected chi connectivity index (χ2v) is 6.26. The Kier molecular flexibility index (Phi) is 5.49. The fourth-order valence-corrected chi connectivity index (χ4v) is 2.96. The van der Waals surface area contributed by atoms with E-state index in [-0.39, 0.29) is 12.5 Å². The normalized spacial score (nSPS) is 16.6. The Hall–Kier alpha value is -3.55. The summed E-state index contributed by atoms with van der Waals surface area (Å²) in [4.78, 5) is 38.0. The SMILES string of the molecule is COc1ccc(C(NC(=O)CN2C(=O)C(C)Oc3ccccc32)C(=O)O)cc1. The third-order valence-electron chi connectivity index (χ3n) is 4.38. The van der Waals surface area contributed by atoms with Gasteiger partial charge in [-0.05, 0) is 36.8 Å². The van der Waals surface area contributed by atoms with Crippen molar-refractivity contribution in [2.75, 3.05) is 18.6 Å². The van der Waals surface area contributed by atoms with Crippen molar-refractivity contribution in [3.05, 3.63) is 54.1 Å². The van der Waals surface area contributed by atoms with Crippen molar-refractivity contribution in [1.29, 1.82) is 0 Å². The lowest BCUT2D eigenvalue weighted by Crippen LogP contribution is -2.49. The first-order valence-corrected chi connectivity index (χ1v) is 8.64. The lowest BCUT2D eigenvalue weighted by atomic mass is 10.1. The van der Waals surface area contributed by atoms with Crippen LogP contribution in [-0.4, -0.2) is 42.6 Å². The van der Waals surface area contributed by atoms with E-state index >= 15 is 0 Å². The van der Waals surface area contributed by atoms with Gasteiger partial charge in [0.05, 0.1) is 12.8 Å².